The average molecular weight is 720 g/mol. The minimum Gasteiger partial charge on any atom is -0.414 e. The fourth-order valence-corrected chi connectivity index (χ4v) is 13.6. The summed E-state index contributed by atoms with van der Waals surface area (Å²) in [4.78, 5) is -0.534. The number of fused-ring (bicyclic) bond motifs is 5. The fourth-order valence-electron chi connectivity index (χ4n) is 11.3. The Morgan fingerprint density at radius 2 is 1.69 bits per heavy atom. The Balaban J connectivity index is 1.30. The smallest absolute Gasteiger partial charge is 0.414 e. The van der Waals surface area contributed by atoms with E-state index in [1.54, 1.807) is 0 Å². The van der Waals surface area contributed by atoms with E-state index in [0.29, 0.717) is 42.4 Å². The standard InChI is InChI=1S/C36H57F4NO5SSi/c1-8-23-31-32(37)27(42)18-20-35(31,4)26-17-19-34(3)24(15-16-25(34)30(26)33(23)46-48(5,6)7)22(2)12-11-21-41-47(43,44)29-14-10-9-13-28(29)45-36(38,39)40/h9-10,13-14,22-27,30-33,41-42H,8,11-12,15-21H2,1-7H3/t22?,23-,24-,25+,26+,27-,30+,31-,32+,33-,34-,35-/m1/s1. The first-order chi connectivity index (χ1) is 22.2. The maximum absolute atomic E-state index is 16.1. The lowest BCUT2D eigenvalue weighted by atomic mass is 9.41. The maximum Gasteiger partial charge on any atom is 0.573 e. The van der Waals surface area contributed by atoms with Gasteiger partial charge in [0.15, 0.2) is 8.32 Å². The van der Waals surface area contributed by atoms with Gasteiger partial charge in [0.2, 0.25) is 10.0 Å². The van der Waals surface area contributed by atoms with Crippen LogP contribution in [0.1, 0.15) is 85.5 Å². The number of benzene rings is 1. The van der Waals surface area contributed by atoms with E-state index in [2.05, 4.69) is 56.8 Å². The molecule has 1 unspecified atom stereocenters. The lowest BCUT2D eigenvalue weighted by Gasteiger charge is -2.66. The first-order valence-corrected chi connectivity index (χ1v) is 23.0. The second-order valence-electron chi connectivity index (χ2n) is 16.9. The molecule has 5 rings (SSSR count). The number of ether oxygens (including phenoxy) is 1. The van der Waals surface area contributed by atoms with E-state index in [1.807, 2.05) is 0 Å². The molecule has 0 aliphatic heterocycles. The minimum absolute atomic E-state index is 0.0226. The molecule has 12 atom stereocenters. The molecule has 1 aromatic carbocycles. The number of hydrogen-bond donors (Lipinski definition) is 2. The summed E-state index contributed by atoms with van der Waals surface area (Å²) >= 11 is 0. The summed E-state index contributed by atoms with van der Waals surface area (Å²) in [5, 5.41) is 10.7. The van der Waals surface area contributed by atoms with Crippen molar-refractivity contribution in [1.82, 2.24) is 4.72 Å². The molecule has 274 valence electrons. The van der Waals surface area contributed by atoms with Crippen molar-refractivity contribution in [3.05, 3.63) is 24.3 Å². The van der Waals surface area contributed by atoms with Crippen molar-refractivity contribution in [2.24, 2.45) is 52.3 Å². The molecule has 4 aliphatic rings. The van der Waals surface area contributed by atoms with Gasteiger partial charge in [-0.3, -0.25) is 0 Å². The summed E-state index contributed by atoms with van der Waals surface area (Å²) in [6.07, 6.45) is 0.662. The van der Waals surface area contributed by atoms with Crippen LogP contribution in [0.25, 0.3) is 0 Å². The number of alkyl halides is 4. The van der Waals surface area contributed by atoms with Crippen molar-refractivity contribution in [2.45, 2.75) is 135 Å². The Hall–Kier alpha value is -1.21. The first-order valence-electron chi connectivity index (χ1n) is 18.1. The van der Waals surface area contributed by atoms with Gasteiger partial charge in [-0.25, -0.2) is 17.5 Å². The van der Waals surface area contributed by atoms with Crippen molar-refractivity contribution in [2.75, 3.05) is 6.54 Å². The van der Waals surface area contributed by atoms with E-state index in [4.69, 9.17) is 4.43 Å². The SMILES string of the molecule is CC[C@H]1[C@@H](O[Si](C)(C)C)[C@@H]2[C@H](CC[C@]3(C)[C@@H](C(C)CCCNS(=O)(=O)c4ccccc4OC(F)(F)F)CC[C@@H]23)[C@@]2(C)CC[C@@H](O)[C@H](F)[C@@H]12. The van der Waals surface area contributed by atoms with Crippen LogP contribution in [0.15, 0.2) is 29.2 Å². The molecule has 48 heavy (non-hydrogen) atoms. The number of para-hydroxylation sites is 1. The molecular formula is C36H57F4NO5SSi. The number of aliphatic hydroxyl groups excluding tert-OH is 1. The maximum atomic E-state index is 16.1. The average Bonchev–Trinajstić information content (AvgIpc) is 3.34. The summed E-state index contributed by atoms with van der Waals surface area (Å²) in [6.45, 7) is 16.0. The molecule has 4 saturated carbocycles. The van der Waals surface area contributed by atoms with Gasteiger partial charge in [-0.05, 0) is 129 Å². The van der Waals surface area contributed by atoms with Crippen LogP contribution in [-0.4, -0.2) is 53.1 Å². The molecule has 2 N–H and O–H groups in total. The highest BCUT2D eigenvalue weighted by atomic mass is 32.2. The third-order valence-electron chi connectivity index (χ3n) is 13.1. The van der Waals surface area contributed by atoms with Crippen LogP contribution >= 0.6 is 0 Å². The van der Waals surface area contributed by atoms with Crippen LogP contribution in [0, 0.1) is 52.3 Å². The second-order valence-corrected chi connectivity index (χ2v) is 23.1. The zero-order valence-corrected chi connectivity index (χ0v) is 31.5. The van der Waals surface area contributed by atoms with E-state index >= 15 is 4.39 Å². The Kier molecular flexibility index (Phi) is 10.9. The summed E-state index contributed by atoms with van der Waals surface area (Å²) in [7, 11) is -6.19. The van der Waals surface area contributed by atoms with E-state index < -0.39 is 47.6 Å². The molecule has 0 spiro atoms. The third kappa shape index (κ3) is 7.26. The molecule has 12 heteroatoms. The van der Waals surface area contributed by atoms with Gasteiger partial charge in [0, 0.05) is 12.5 Å². The number of rotatable bonds is 11. The zero-order valence-electron chi connectivity index (χ0n) is 29.7. The van der Waals surface area contributed by atoms with E-state index in [0.717, 1.165) is 57.1 Å². The molecule has 0 radical (unpaired) electrons. The van der Waals surface area contributed by atoms with Crippen molar-refractivity contribution in [1.29, 1.82) is 0 Å². The lowest BCUT2D eigenvalue weighted by molar-refractivity contribution is -0.275. The van der Waals surface area contributed by atoms with Crippen LogP contribution < -0.4 is 9.46 Å². The Morgan fingerprint density at radius 1 is 1.04 bits per heavy atom. The largest absolute Gasteiger partial charge is 0.573 e. The Labute approximate surface area is 286 Å². The molecule has 6 nitrogen and oxygen atoms in total. The van der Waals surface area contributed by atoms with Gasteiger partial charge >= 0.3 is 6.36 Å². The highest BCUT2D eigenvalue weighted by Crippen LogP contribution is 2.70. The Bertz CT molecular complexity index is 1390. The van der Waals surface area contributed by atoms with E-state index in [-0.39, 0.29) is 35.3 Å². The normalized spacial score (nSPS) is 39.3. The van der Waals surface area contributed by atoms with Crippen molar-refractivity contribution in [3.63, 3.8) is 0 Å². The third-order valence-corrected chi connectivity index (χ3v) is 15.6. The molecule has 1 aromatic rings. The van der Waals surface area contributed by atoms with E-state index in [9.17, 15) is 26.7 Å². The van der Waals surface area contributed by atoms with Crippen LogP contribution in [0.4, 0.5) is 17.6 Å². The highest BCUT2D eigenvalue weighted by molar-refractivity contribution is 7.89. The molecule has 4 fully saturated rings. The van der Waals surface area contributed by atoms with E-state index in [1.165, 1.54) is 12.1 Å². The number of hydrogen-bond acceptors (Lipinski definition) is 5. The Morgan fingerprint density at radius 3 is 2.33 bits per heavy atom. The van der Waals surface area contributed by atoms with Crippen LogP contribution in [-0.2, 0) is 14.4 Å². The van der Waals surface area contributed by atoms with Gasteiger partial charge in [0.1, 0.15) is 16.8 Å². The predicted molar refractivity (Wildman–Crippen MR) is 181 cm³/mol. The molecule has 0 amide bonds. The summed E-state index contributed by atoms with van der Waals surface area (Å²) in [6, 6.07) is 4.78. The number of aliphatic hydroxyl groups is 1. The topological polar surface area (TPSA) is 84.9 Å². The molecule has 0 saturated heterocycles. The summed E-state index contributed by atoms with van der Waals surface area (Å²) < 4.78 is 94.2. The first kappa shape index (κ1) is 38.0. The summed E-state index contributed by atoms with van der Waals surface area (Å²) in [5.41, 5.74) is -0.0883. The highest BCUT2D eigenvalue weighted by Gasteiger charge is 2.67. The van der Waals surface area contributed by atoms with Crippen molar-refractivity contribution >= 4 is 18.3 Å². The number of nitrogens with one attached hydrogen (secondary N) is 1. The van der Waals surface area contributed by atoms with Gasteiger partial charge in [0.25, 0.3) is 0 Å². The number of halogens is 4. The fraction of sp³-hybridized carbons (Fsp3) is 0.833. The van der Waals surface area contributed by atoms with Gasteiger partial charge in [0.05, 0.1) is 12.2 Å². The van der Waals surface area contributed by atoms with Crippen LogP contribution in [0.3, 0.4) is 0 Å². The van der Waals surface area contributed by atoms with Crippen molar-refractivity contribution < 1.29 is 40.2 Å². The van der Waals surface area contributed by atoms with Gasteiger partial charge in [-0.1, -0.05) is 46.2 Å². The lowest BCUT2D eigenvalue weighted by Crippen LogP contribution is -2.66. The van der Waals surface area contributed by atoms with Gasteiger partial charge in [-0.2, -0.15) is 0 Å². The monoisotopic (exact) mass is 719 g/mol. The molecule has 4 aliphatic carbocycles. The van der Waals surface area contributed by atoms with Gasteiger partial charge < -0.3 is 14.3 Å². The molecule has 0 bridgehead atoms. The van der Waals surface area contributed by atoms with Crippen molar-refractivity contribution in [3.8, 4) is 5.75 Å². The predicted octanol–water partition coefficient (Wildman–Crippen LogP) is 8.71. The molecular weight excluding hydrogens is 663 g/mol. The van der Waals surface area contributed by atoms with Gasteiger partial charge in [-0.15, -0.1) is 13.2 Å². The van der Waals surface area contributed by atoms with Crippen LogP contribution in [0.2, 0.25) is 19.6 Å². The second kappa shape index (κ2) is 13.7. The zero-order chi connectivity index (χ0) is 35.4. The molecule has 0 heterocycles. The van der Waals surface area contributed by atoms with Crippen LogP contribution in [0.5, 0.6) is 5.75 Å². The molecule has 0 aromatic heterocycles. The number of sulfonamides is 1. The minimum atomic E-state index is -5.00. The summed E-state index contributed by atoms with van der Waals surface area (Å²) in [5.74, 6) is 1.02. The quantitative estimate of drug-likeness (QED) is 0.136.